The van der Waals surface area contributed by atoms with Crippen molar-refractivity contribution in [1.82, 2.24) is 9.97 Å². The van der Waals surface area contributed by atoms with Crippen molar-refractivity contribution in [1.29, 1.82) is 0 Å². The molecular weight excluding hydrogens is 264 g/mol. The van der Waals surface area contributed by atoms with Gasteiger partial charge in [-0.1, -0.05) is 0 Å². The number of nitrogens with zero attached hydrogens (tertiary/aromatic N) is 1. The maximum Gasteiger partial charge on any atom is 0.258 e. The Morgan fingerprint density at radius 3 is 2.67 bits per heavy atom. The van der Waals surface area contributed by atoms with Gasteiger partial charge in [0.25, 0.3) is 5.56 Å². The van der Waals surface area contributed by atoms with E-state index < -0.39 is 0 Å². The van der Waals surface area contributed by atoms with Gasteiger partial charge in [-0.2, -0.15) is 0 Å². The monoisotopic (exact) mass is 284 g/mol. The first kappa shape index (κ1) is 12.7. The van der Waals surface area contributed by atoms with Gasteiger partial charge in [0.2, 0.25) is 0 Å². The third kappa shape index (κ3) is 2.48. The molecule has 2 aliphatic rings. The number of nitrogens with one attached hydrogen (secondary N) is 2. The van der Waals surface area contributed by atoms with Gasteiger partial charge in [0.05, 0.1) is 28.6 Å². The smallest absolute Gasteiger partial charge is 0.258 e. The van der Waals surface area contributed by atoms with E-state index in [-0.39, 0.29) is 5.56 Å². The molecule has 4 rings (SSSR count). The highest BCUT2D eigenvalue weighted by Crippen LogP contribution is 2.49. The molecule has 0 atom stereocenters. The predicted octanol–water partition coefficient (Wildman–Crippen LogP) is 2.35. The number of nitrogen functional groups attached to an aromatic ring is 1. The molecule has 1 aromatic heterocycles. The normalized spacial score (nSPS) is 18.3. The second kappa shape index (κ2) is 4.76. The summed E-state index contributed by atoms with van der Waals surface area (Å²) in [5.74, 6) is 2.60. The van der Waals surface area contributed by atoms with E-state index in [1.165, 1.54) is 32.0 Å². The molecule has 0 bridgehead atoms. The average Bonchev–Trinajstić information content (AvgIpc) is 3.35. The molecule has 110 valence electrons. The van der Waals surface area contributed by atoms with E-state index in [2.05, 4.69) is 15.3 Å². The number of H-pyrrole nitrogens is 1. The average molecular weight is 284 g/mol. The summed E-state index contributed by atoms with van der Waals surface area (Å²) in [6.45, 7) is 0.980. The van der Waals surface area contributed by atoms with E-state index in [0.29, 0.717) is 16.6 Å². The van der Waals surface area contributed by atoms with Gasteiger partial charge in [-0.3, -0.25) is 4.79 Å². The second-order valence-corrected chi connectivity index (χ2v) is 6.41. The maximum absolute atomic E-state index is 11.7. The highest BCUT2D eigenvalue weighted by atomic mass is 16.1. The van der Waals surface area contributed by atoms with Crippen molar-refractivity contribution in [3.63, 3.8) is 0 Å². The summed E-state index contributed by atoms with van der Waals surface area (Å²) < 4.78 is 0. The van der Waals surface area contributed by atoms with Crippen LogP contribution in [-0.4, -0.2) is 16.5 Å². The van der Waals surface area contributed by atoms with E-state index in [1.54, 1.807) is 6.07 Å². The topological polar surface area (TPSA) is 83.8 Å². The molecule has 2 aromatic rings. The number of benzene rings is 1. The van der Waals surface area contributed by atoms with Gasteiger partial charge in [0.15, 0.2) is 0 Å². The van der Waals surface area contributed by atoms with E-state index in [1.807, 2.05) is 6.07 Å². The fourth-order valence-corrected chi connectivity index (χ4v) is 3.28. The number of aromatic amines is 1. The van der Waals surface area contributed by atoms with Crippen LogP contribution in [0.3, 0.4) is 0 Å². The van der Waals surface area contributed by atoms with Gasteiger partial charge in [-0.25, -0.2) is 4.98 Å². The van der Waals surface area contributed by atoms with Gasteiger partial charge in [0, 0.05) is 6.54 Å². The lowest BCUT2D eigenvalue weighted by molar-refractivity contribution is 0.428. The molecule has 2 fully saturated rings. The standard InChI is InChI=1S/C16H20N4O/c17-13-5-11-14(19-8-20-16(11)21)6-15(13)18-7-12(9-1-2-9)10-3-4-10/h5-6,8-10,12,18H,1-4,7,17H2,(H,19,20,21). The lowest BCUT2D eigenvalue weighted by Crippen LogP contribution is -2.19. The number of fused-ring (bicyclic) bond motifs is 1. The van der Waals surface area contributed by atoms with E-state index in [4.69, 9.17) is 5.73 Å². The summed E-state index contributed by atoms with van der Waals surface area (Å²) >= 11 is 0. The highest BCUT2D eigenvalue weighted by molar-refractivity contribution is 5.88. The molecule has 0 aliphatic heterocycles. The van der Waals surface area contributed by atoms with Crippen molar-refractivity contribution in [2.45, 2.75) is 25.7 Å². The van der Waals surface area contributed by atoms with Crippen LogP contribution in [0.15, 0.2) is 23.3 Å². The SMILES string of the molecule is Nc1cc2c(=O)[nH]cnc2cc1NCC(C1CC1)C1CC1. The van der Waals surface area contributed by atoms with Crippen LogP contribution in [0.1, 0.15) is 25.7 Å². The van der Waals surface area contributed by atoms with Crippen LogP contribution in [0.2, 0.25) is 0 Å². The Bertz CT molecular complexity index is 719. The zero-order valence-corrected chi connectivity index (χ0v) is 11.9. The lowest BCUT2D eigenvalue weighted by atomic mass is 9.98. The van der Waals surface area contributed by atoms with E-state index >= 15 is 0 Å². The van der Waals surface area contributed by atoms with Crippen molar-refractivity contribution >= 4 is 22.3 Å². The Hall–Kier alpha value is -2.04. The van der Waals surface area contributed by atoms with Crippen LogP contribution < -0.4 is 16.6 Å². The Labute approximate surface area is 123 Å². The minimum absolute atomic E-state index is 0.146. The Kier molecular flexibility index (Phi) is 2.87. The molecule has 2 saturated carbocycles. The minimum atomic E-state index is -0.146. The van der Waals surface area contributed by atoms with Crippen molar-refractivity contribution in [3.05, 3.63) is 28.8 Å². The molecule has 0 radical (unpaired) electrons. The Morgan fingerprint density at radius 2 is 2.00 bits per heavy atom. The fourth-order valence-electron chi connectivity index (χ4n) is 3.28. The zero-order chi connectivity index (χ0) is 14.4. The van der Waals surface area contributed by atoms with Gasteiger partial charge in [-0.15, -0.1) is 0 Å². The molecule has 0 spiro atoms. The van der Waals surface area contributed by atoms with Crippen molar-refractivity contribution in [2.75, 3.05) is 17.6 Å². The molecule has 5 heteroatoms. The molecule has 2 aliphatic carbocycles. The van der Waals surface area contributed by atoms with Gasteiger partial charge in [0.1, 0.15) is 0 Å². The first-order valence-electron chi connectivity index (χ1n) is 7.73. The van der Waals surface area contributed by atoms with Crippen molar-refractivity contribution in [3.8, 4) is 0 Å². The van der Waals surface area contributed by atoms with Crippen LogP contribution in [0.5, 0.6) is 0 Å². The fraction of sp³-hybridized carbons (Fsp3) is 0.500. The number of aromatic nitrogens is 2. The Balaban J connectivity index is 1.58. The molecule has 1 heterocycles. The maximum atomic E-state index is 11.7. The first-order valence-corrected chi connectivity index (χ1v) is 7.73. The molecule has 0 unspecified atom stereocenters. The first-order chi connectivity index (χ1) is 10.2. The highest BCUT2D eigenvalue weighted by Gasteiger charge is 2.41. The number of hydrogen-bond acceptors (Lipinski definition) is 4. The molecular formula is C16H20N4O. The summed E-state index contributed by atoms with van der Waals surface area (Å²) in [5.41, 5.74) is 8.13. The molecule has 21 heavy (non-hydrogen) atoms. The number of hydrogen-bond donors (Lipinski definition) is 3. The van der Waals surface area contributed by atoms with Crippen LogP contribution in [-0.2, 0) is 0 Å². The minimum Gasteiger partial charge on any atom is -0.397 e. The molecule has 5 nitrogen and oxygen atoms in total. The molecule has 1 aromatic carbocycles. The van der Waals surface area contributed by atoms with Gasteiger partial charge < -0.3 is 16.0 Å². The van der Waals surface area contributed by atoms with Gasteiger partial charge in [-0.05, 0) is 55.6 Å². The molecule has 4 N–H and O–H groups in total. The molecule has 0 saturated heterocycles. The van der Waals surface area contributed by atoms with Crippen molar-refractivity contribution in [2.24, 2.45) is 17.8 Å². The van der Waals surface area contributed by atoms with Crippen LogP contribution >= 0.6 is 0 Å². The summed E-state index contributed by atoms with van der Waals surface area (Å²) in [6, 6.07) is 3.60. The predicted molar refractivity (Wildman–Crippen MR) is 84.2 cm³/mol. The van der Waals surface area contributed by atoms with Gasteiger partial charge >= 0.3 is 0 Å². The molecule has 0 amide bonds. The van der Waals surface area contributed by atoms with Crippen molar-refractivity contribution < 1.29 is 0 Å². The van der Waals surface area contributed by atoms with Crippen LogP contribution in [0.25, 0.3) is 10.9 Å². The second-order valence-electron chi connectivity index (χ2n) is 6.41. The number of rotatable bonds is 5. The summed E-state index contributed by atoms with van der Waals surface area (Å²) in [7, 11) is 0. The van der Waals surface area contributed by atoms with Crippen LogP contribution in [0, 0.1) is 17.8 Å². The van der Waals surface area contributed by atoms with E-state index in [9.17, 15) is 4.79 Å². The number of nitrogens with two attached hydrogens (primary N) is 1. The van der Waals surface area contributed by atoms with Crippen LogP contribution in [0.4, 0.5) is 11.4 Å². The summed E-state index contributed by atoms with van der Waals surface area (Å²) in [4.78, 5) is 18.5. The van der Waals surface area contributed by atoms with E-state index in [0.717, 1.165) is 30.0 Å². The number of anilines is 2. The third-order valence-corrected chi connectivity index (χ3v) is 4.79. The largest absolute Gasteiger partial charge is 0.397 e. The third-order valence-electron chi connectivity index (χ3n) is 4.79. The summed E-state index contributed by atoms with van der Waals surface area (Å²) in [6.07, 6.45) is 6.96. The lowest BCUT2D eigenvalue weighted by Gasteiger charge is -2.18. The summed E-state index contributed by atoms with van der Waals surface area (Å²) in [5, 5.41) is 4.03. The Morgan fingerprint density at radius 1 is 1.29 bits per heavy atom. The zero-order valence-electron chi connectivity index (χ0n) is 11.9. The quantitative estimate of drug-likeness (QED) is 0.736.